The molecular formula is C15H21NO2. The molecule has 3 atom stereocenters. The number of benzene rings is 1. The lowest BCUT2D eigenvalue weighted by molar-refractivity contribution is -0.146. The molecule has 1 aromatic rings. The molecule has 0 radical (unpaired) electrons. The summed E-state index contributed by atoms with van der Waals surface area (Å²) in [5.74, 6) is 0.301. The third kappa shape index (κ3) is 2.56. The zero-order chi connectivity index (χ0) is 13.1. The van der Waals surface area contributed by atoms with Crippen LogP contribution in [0.2, 0.25) is 0 Å². The minimum absolute atomic E-state index is 0.0150. The average Bonchev–Trinajstić information content (AvgIpc) is 2.80. The van der Waals surface area contributed by atoms with Crippen molar-refractivity contribution in [1.29, 1.82) is 0 Å². The van der Waals surface area contributed by atoms with Gasteiger partial charge >= 0.3 is 5.97 Å². The standard InChI is InChI=1S/C15H21NO2/c1-11-9-16(10-14(11)15(17)18-3)12(2)13-7-5-4-6-8-13/h4-8,11-12,14H,9-10H2,1-3H3/t11-,12+,14+/m0/s1. The Labute approximate surface area is 109 Å². The predicted octanol–water partition coefficient (Wildman–Crippen LogP) is 2.49. The third-order valence-electron chi connectivity index (χ3n) is 3.97. The minimum atomic E-state index is -0.0785. The summed E-state index contributed by atoms with van der Waals surface area (Å²) in [5.41, 5.74) is 1.30. The second-order valence-corrected chi connectivity index (χ2v) is 5.15. The van der Waals surface area contributed by atoms with Crippen molar-refractivity contribution in [2.45, 2.75) is 19.9 Å². The highest BCUT2D eigenvalue weighted by Gasteiger charge is 2.37. The van der Waals surface area contributed by atoms with Gasteiger partial charge in [0.1, 0.15) is 0 Å². The van der Waals surface area contributed by atoms with Crippen molar-refractivity contribution in [3.05, 3.63) is 35.9 Å². The summed E-state index contributed by atoms with van der Waals surface area (Å²) in [5, 5.41) is 0. The number of carbonyl (C=O) groups excluding carboxylic acids is 1. The zero-order valence-corrected chi connectivity index (χ0v) is 11.3. The molecular weight excluding hydrogens is 226 g/mol. The van der Waals surface area contributed by atoms with E-state index < -0.39 is 0 Å². The van der Waals surface area contributed by atoms with Gasteiger partial charge in [-0.1, -0.05) is 37.3 Å². The molecule has 2 rings (SSSR count). The molecule has 1 aromatic carbocycles. The van der Waals surface area contributed by atoms with Gasteiger partial charge < -0.3 is 4.74 Å². The lowest BCUT2D eigenvalue weighted by atomic mass is 9.99. The Bertz CT molecular complexity index is 404. The molecule has 0 unspecified atom stereocenters. The van der Waals surface area contributed by atoms with Crippen LogP contribution in [0.1, 0.15) is 25.5 Å². The Morgan fingerprint density at radius 3 is 2.61 bits per heavy atom. The van der Waals surface area contributed by atoms with Gasteiger partial charge in [-0.2, -0.15) is 0 Å². The van der Waals surface area contributed by atoms with Gasteiger partial charge in [-0.15, -0.1) is 0 Å². The Kier molecular flexibility index (Phi) is 4.02. The fourth-order valence-electron chi connectivity index (χ4n) is 2.72. The molecule has 3 nitrogen and oxygen atoms in total. The van der Waals surface area contributed by atoms with E-state index in [1.54, 1.807) is 0 Å². The van der Waals surface area contributed by atoms with E-state index in [2.05, 4.69) is 43.0 Å². The van der Waals surface area contributed by atoms with E-state index in [4.69, 9.17) is 4.74 Å². The topological polar surface area (TPSA) is 29.5 Å². The highest BCUT2D eigenvalue weighted by Crippen LogP contribution is 2.31. The highest BCUT2D eigenvalue weighted by molar-refractivity contribution is 5.73. The quantitative estimate of drug-likeness (QED) is 0.769. The van der Waals surface area contributed by atoms with Gasteiger partial charge in [0.05, 0.1) is 13.0 Å². The number of esters is 1. The van der Waals surface area contributed by atoms with Crippen molar-refractivity contribution in [2.75, 3.05) is 20.2 Å². The van der Waals surface area contributed by atoms with Crippen LogP contribution in [-0.4, -0.2) is 31.1 Å². The molecule has 1 aliphatic heterocycles. The van der Waals surface area contributed by atoms with Gasteiger partial charge in [0.25, 0.3) is 0 Å². The number of hydrogen-bond donors (Lipinski definition) is 0. The maximum absolute atomic E-state index is 11.7. The van der Waals surface area contributed by atoms with Crippen molar-refractivity contribution in [1.82, 2.24) is 4.90 Å². The summed E-state index contributed by atoms with van der Waals surface area (Å²) < 4.78 is 4.87. The molecule has 1 saturated heterocycles. The Morgan fingerprint density at radius 1 is 1.33 bits per heavy atom. The molecule has 1 heterocycles. The van der Waals surface area contributed by atoms with Crippen molar-refractivity contribution in [2.24, 2.45) is 11.8 Å². The fourth-order valence-corrected chi connectivity index (χ4v) is 2.72. The Balaban J connectivity index is 2.06. The first-order chi connectivity index (χ1) is 8.63. The first-order valence-electron chi connectivity index (χ1n) is 6.50. The number of hydrogen-bond acceptors (Lipinski definition) is 3. The van der Waals surface area contributed by atoms with E-state index in [1.165, 1.54) is 12.7 Å². The van der Waals surface area contributed by atoms with Crippen LogP contribution in [0.25, 0.3) is 0 Å². The highest BCUT2D eigenvalue weighted by atomic mass is 16.5. The lowest BCUT2D eigenvalue weighted by Gasteiger charge is -2.24. The number of ether oxygens (including phenoxy) is 1. The molecule has 98 valence electrons. The SMILES string of the molecule is COC(=O)[C@@H]1CN([C@H](C)c2ccccc2)C[C@@H]1C. The first kappa shape index (κ1) is 13.1. The summed E-state index contributed by atoms with van der Waals surface area (Å²) in [6, 6.07) is 10.8. The molecule has 0 N–H and O–H groups in total. The first-order valence-corrected chi connectivity index (χ1v) is 6.50. The Hall–Kier alpha value is -1.35. The van der Waals surface area contributed by atoms with E-state index in [1.807, 2.05) is 6.07 Å². The minimum Gasteiger partial charge on any atom is -0.469 e. The van der Waals surface area contributed by atoms with Crippen LogP contribution in [0.15, 0.2) is 30.3 Å². The number of nitrogens with zero attached hydrogens (tertiary/aromatic N) is 1. The van der Waals surface area contributed by atoms with E-state index in [-0.39, 0.29) is 11.9 Å². The third-order valence-corrected chi connectivity index (χ3v) is 3.97. The van der Waals surface area contributed by atoms with Crippen LogP contribution >= 0.6 is 0 Å². The number of likely N-dealkylation sites (tertiary alicyclic amines) is 1. The summed E-state index contributed by atoms with van der Waals surface area (Å²) in [4.78, 5) is 14.0. The van der Waals surface area contributed by atoms with Crippen LogP contribution < -0.4 is 0 Å². The zero-order valence-electron chi connectivity index (χ0n) is 11.3. The van der Waals surface area contributed by atoms with Gasteiger partial charge in [-0.25, -0.2) is 0 Å². The lowest BCUT2D eigenvalue weighted by Crippen LogP contribution is -2.26. The van der Waals surface area contributed by atoms with Crippen molar-refractivity contribution in [3.8, 4) is 0 Å². The molecule has 0 aromatic heterocycles. The molecule has 1 aliphatic rings. The van der Waals surface area contributed by atoms with Crippen LogP contribution in [0.3, 0.4) is 0 Å². The van der Waals surface area contributed by atoms with E-state index >= 15 is 0 Å². The molecule has 0 spiro atoms. The number of rotatable bonds is 3. The van der Waals surface area contributed by atoms with Crippen LogP contribution in [0.4, 0.5) is 0 Å². The van der Waals surface area contributed by atoms with Gasteiger partial charge in [0.15, 0.2) is 0 Å². The maximum Gasteiger partial charge on any atom is 0.310 e. The average molecular weight is 247 g/mol. The number of carbonyl (C=O) groups is 1. The van der Waals surface area contributed by atoms with Crippen LogP contribution in [-0.2, 0) is 9.53 Å². The summed E-state index contributed by atoms with van der Waals surface area (Å²) in [6.07, 6.45) is 0. The summed E-state index contributed by atoms with van der Waals surface area (Å²) >= 11 is 0. The number of methoxy groups -OCH3 is 1. The van der Waals surface area contributed by atoms with E-state index in [0.29, 0.717) is 12.0 Å². The van der Waals surface area contributed by atoms with Crippen molar-refractivity contribution in [3.63, 3.8) is 0 Å². The van der Waals surface area contributed by atoms with Crippen LogP contribution in [0, 0.1) is 11.8 Å². The van der Waals surface area contributed by atoms with Gasteiger partial charge in [-0.3, -0.25) is 9.69 Å². The maximum atomic E-state index is 11.7. The molecule has 18 heavy (non-hydrogen) atoms. The molecule has 1 fully saturated rings. The molecule has 0 saturated carbocycles. The van der Waals surface area contributed by atoms with Gasteiger partial charge in [0.2, 0.25) is 0 Å². The second kappa shape index (κ2) is 5.53. The van der Waals surface area contributed by atoms with Gasteiger partial charge in [0, 0.05) is 19.1 Å². The summed E-state index contributed by atoms with van der Waals surface area (Å²) in [7, 11) is 1.47. The van der Waals surface area contributed by atoms with Crippen molar-refractivity contribution >= 4 is 5.97 Å². The van der Waals surface area contributed by atoms with Crippen LogP contribution in [0.5, 0.6) is 0 Å². The predicted molar refractivity (Wildman–Crippen MR) is 71.1 cm³/mol. The largest absolute Gasteiger partial charge is 0.469 e. The van der Waals surface area contributed by atoms with Crippen molar-refractivity contribution < 1.29 is 9.53 Å². The Morgan fingerprint density at radius 2 is 2.00 bits per heavy atom. The molecule has 0 bridgehead atoms. The monoisotopic (exact) mass is 247 g/mol. The van der Waals surface area contributed by atoms with E-state index in [9.17, 15) is 4.79 Å². The molecule has 3 heteroatoms. The van der Waals surface area contributed by atoms with Gasteiger partial charge in [-0.05, 0) is 18.4 Å². The normalized spacial score (nSPS) is 25.9. The summed E-state index contributed by atoms with van der Waals surface area (Å²) in [6.45, 7) is 6.07. The van der Waals surface area contributed by atoms with E-state index in [0.717, 1.165) is 13.1 Å². The second-order valence-electron chi connectivity index (χ2n) is 5.15. The molecule has 0 amide bonds. The smallest absolute Gasteiger partial charge is 0.310 e. The fraction of sp³-hybridized carbons (Fsp3) is 0.533. The molecule has 0 aliphatic carbocycles.